The first-order chi connectivity index (χ1) is 17.2. The molecule has 7 rings (SSSR count). The van der Waals surface area contributed by atoms with E-state index in [0.29, 0.717) is 42.4 Å². The zero-order chi connectivity index (χ0) is 23.4. The van der Waals surface area contributed by atoms with Gasteiger partial charge in [0.25, 0.3) is 5.56 Å². The fourth-order valence-corrected chi connectivity index (χ4v) is 6.50. The molecule has 0 amide bonds. The van der Waals surface area contributed by atoms with Crippen LogP contribution in [0.4, 0.5) is 0 Å². The van der Waals surface area contributed by atoms with Gasteiger partial charge in [0.05, 0.1) is 11.6 Å². The molecule has 2 aromatic heterocycles. The van der Waals surface area contributed by atoms with Crippen LogP contribution in [0.5, 0.6) is 11.5 Å². The van der Waals surface area contributed by atoms with Crippen molar-refractivity contribution in [1.82, 2.24) is 35.0 Å². The number of H-pyrrole nitrogens is 1. The first kappa shape index (κ1) is 21.3. The summed E-state index contributed by atoms with van der Waals surface area (Å²) in [5.41, 5.74) is 1.33. The van der Waals surface area contributed by atoms with Gasteiger partial charge in [0.2, 0.25) is 0 Å². The van der Waals surface area contributed by atoms with Crippen LogP contribution in [-0.4, -0.2) is 80.4 Å². The summed E-state index contributed by atoms with van der Waals surface area (Å²) in [5, 5.41) is 14.0. The number of piperazine rings is 1. The second-order valence-corrected chi connectivity index (χ2v) is 10.3. The first-order valence-corrected chi connectivity index (χ1v) is 13.0. The molecule has 1 saturated carbocycles. The number of pyridine rings is 1. The van der Waals surface area contributed by atoms with Crippen LogP contribution in [0.3, 0.4) is 0 Å². The molecule has 3 fully saturated rings. The maximum Gasteiger partial charge on any atom is 0.253 e. The molecule has 2 saturated heterocycles. The molecule has 1 aromatic carbocycles. The molecule has 10 nitrogen and oxygen atoms in total. The van der Waals surface area contributed by atoms with Crippen LogP contribution < -0.4 is 15.0 Å². The molecule has 10 heteroatoms. The molecular formula is C25H31N7O3. The Labute approximate surface area is 203 Å². The zero-order valence-electron chi connectivity index (χ0n) is 19.9. The van der Waals surface area contributed by atoms with Gasteiger partial charge in [-0.25, -0.2) is 4.68 Å². The summed E-state index contributed by atoms with van der Waals surface area (Å²) in [6, 6.07) is 6.37. The van der Waals surface area contributed by atoms with Crippen molar-refractivity contribution in [2.24, 2.45) is 0 Å². The van der Waals surface area contributed by atoms with Crippen LogP contribution in [0.25, 0.3) is 10.9 Å². The molecule has 4 aliphatic rings. The molecule has 184 valence electrons. The highest BCUT2D eigenvalue weighted by atomic mass is 16.6. The monoisotopic (exact) mass is 477 g/mol. The zero-order valence-corrected chi connectivity index (χ0v) is 19.9. The summed E-state index contributed by atoms with van der Waals surface area (Å²) in [6.45, 7) is 5.03. The molecule has 35 heavy (non-hydrogen) atoms. The summed E-state index contributed by atoms with van der Waals surface area (Å²) in [5.74, 6) is 2.17. The molecule has 5 heterocycles. The number of tetrazole rings is 1. The van der Waals surface area contributed by atoms with Crippen molar-refractivity contribution in [1.29, 1.82) is 0 Å². The van der Waals surface area contributed by atoms with Gasteiger partial charge in [-0.1, -0.05) is 12.8 Å². The molecule has 3 aromatic rings. The topological polar surface area (TPSA) is 101 Å². The smallest absolute Gasteiger partial charge is 0.253 e. The lowest BCUT2D eigenvalue weighted by atomic mass is 10.0. The lowest BCUT2D eigenvalue weighted by Crippen LogP contribution is -2.52. The molecule has 0 unspecified atom stereocenters. The van der Waals surface area contributed by atoms with Crippen molar-refractivity contribution in [2.45, 2.75) is 56.7 Å². The van der Waals surface area contributed by atoms with Crippen LogP contribution in [-0.2, 0) is 0 Å². The number of fused-ring (bicyclic) bond motifs is 3. The number of aromatic nitrogens is 5. The predicted octanol–water partition coefficient (Wildman–Crippen LogP) is 2.27. The van der Waals surface area contributed by atoms with Crippen molar-refractivity contribution < 1.29 is 9.47 Å². The van der Waals surface area contributed by atoms with Crippen molar-refractivity contribution in [2.75, 3.05) is 39.4 Å². The largest absolute Gasteiger partial charge is 0.486 e. The summed E-state index contributed by atoms with van der Waals surface area (Å²) >= 11 is 0. The van der Waals surface area contributed by atoms with Crippen molar-refractivity contribution in [3.8, 4) is 11.5 Å². The Morgan fingerprint density at radius 1 is 0.943 bits per heavy atom. The van der Waals surface area contributed by atoms with E-state index in [1.54, 1.807) is 0 Å². The second-order valence-electron chi connectivity index (χ2n) is 10.3. The highest BCUT2D eigenvalue weighted by Crippen LogP contribution is 2.37. The van der Waals surface area contributed by atoms with E-state index in [9.17, 15) is 4.79 Å². The first-order valence-electron chi connectivity index (χ1n) is 13.0. The van der Waals surface area contributed by atoms with Gasteiger partial charge in [-0.2, -0.15) is 0 Å². The van der Waals surface area contributed by atoms with E-state index in [4.69, 9.17) is 9.47 Å². The highest BCUT2D eigenvalue weighted by molar-refractivity contribution is 5.83. The third-order valence-corrected chi connectivity index (χ3v) is 8.25. The van der Waals surface area contributed by atoms with Crippen molar-refractivity contribution >= 4 is 10.9 Å². The van der Waals surface area contributed by atoms with Gasteiger partial charge in [0, 0.05) is 42.7 Å². The fraction of sp³-hybridized carbons (Fsp3) is 0.600. The van der Waals surface area contributed by atoms with Crippen LogP contribution in [0.2, 0.25) is 0 Å². The van der Waals surface area contributed by atoms with E-state index < -0.39 is 0 Å². The van der Waals surface area contributed by atoms with Crippen LogP contribution >= 0.6 is 0 Å². The summed E-state index contributed by atoms with van der Waals surface area (Å²) < 4.78 is 13.5. The Morgan fingerprint density at radius 2 is 1.74 bits per heavy atom. The standard InChI is InChI=1S/C25H31N7O3/c33-25-19(12-16-13-21-22(14-20(16)26-25)35-11-10-34-21)23(31-9-8-30-7-3-6-18(30)15-31)24-27-28-29-32(24)17-4-1-2-5-17/h12-14,17-18,23H,1-11,15H2,(H,26,33)/t18-,23-/m0/s1. The molecule has 0 spiro atoms. The Bertz CT molecular complexity index is 1300. The normalized spacial score (nSPS) is 24.2. The van der Waals surface area contributed by atoms with Crippen LogP contribution in [0.15, 0.2) is 23.0 Å². The van der Waals surface area contributed by atoms with Gasteiger partial charge >= 0.3 is 0 Å². The van der Waals surface area contributed by atoms with Gasteiger partial charge in [0.1, 0.15) is 19.3 Å². The molecule has 0 radical (unpaired) electrons. The lowest BCUT2D eigenvalue weighted by molar-refractivity contribution is 0.0783. The fourth-order valence-electron chi connectivity index (χ4n) is 6.50. The van der Waals surface area contributed by atoms with Gasteiger partial charge < -0.3 is 14.5 Å². The Balaban J connectivity index is 1.35. The van der Waals surface area contributed by atoms with Gasteiger partial charge in [-0.05, 0) is 54.8 Å². The summed E-state index contributed by atoms with van der Waals surface area (Å²) in [7, 11) is 0. The average Bonchev–Trinajstić information content (AvgIpc) is 3.65. The third kappa shape index (κ3) is 3.70. The maximum absolute atomic E-state index is 13.6. The molecule has 2 atom stereocenters. The second kappa shape index (κ2) is 8.60. The van der Waals surface area contributed by atoms with Gasteiger partial charge in [0.15, 0.2) is 17.3 Å². The maximum atomic E-state index is 13.6. The van der Waals surface area contributed by atoms with E-state index in [1.165, 1.54) is 32.2 Å². The SMILES string of the molecule is O=c1[nH]c2cc3c(cc2cc1[C@@H](c1nnnn1C1CCCC1)N1CCN2CCC[C@H]2C1)OCCO3. The van der Waals surface area contributed by atoms with Gasteiger partial charge in [-0.3, -0.25) is 14.6 Å². The third-order valence-electron chi connectivity index (χ3n) is 8.25. The minimum atomic E-state index is -0.297. The van der Waals surface area contributed by atoms with E-state index in [2.05, 4.69) is 30.3 Å². The van der Waals surface area contributed by atoms with E-state index >= 15 is 0 Å². The Kier molecular flexibility index (Phi) is 5.24. The minimum absolute atomic E-state index is 0.103. The van der Waals surface area contributed by atoms with E-state index in [-0.39, 0.29) is 11.6 Å². The number of rotatable bonds is 4. The molecule has 1 aliphatic carbocycles. The molecule has 3 aliphatic heterocycles. The lowest BCUT2D eigenvalue weighted by Gasteiger charge is -2.41. The quantitative estimate of drug-likeness (QED) is 0.611. The van der Waals surface area contributed by atoms with Crippen molar-refractivity contribution in [3.63, 3.8) is 0 Å². The Morgan fingerprint density at radius 3 is 2.60 bits per heavy atom. The average molecular weight is 478 g/mol. The Hall–Kier alpha value is -2.98. The number of hydrogen-bond donors (Lipinski definition) is 1. The number of benzene rings is 1. The molecular weight excluding hydrogens is 446 g/mol. The highest BCUT2D eigenvalue weighted by Gasteiger charge is 2.38. The summed E-state index contributed by atoms with van der Waals surface area (Å²) in [6.07, 6.45) is 7.00. The number of nitrogens with zero attached hydrogens (tertiary/aromatic N) is 6. The molecule has 1 N–H and O–H groups in total. The molecule has 0 bridgehead atoms. The van der Waals surface area contributed by atoms with Gasteiger partial charge in [-0.15, -0.1) is 5.10 Å². The van der Waals surface area contributed by atoms with Crippen LogP contribution in [0.1, 0.15) is 62.0 Å². The minimum Gasteiger partial charge on any atom is -0.486 e. The number of aromatic amines is 1. The van der Waals surface area contributed by atoms with Crippen LogP contribution in [0, 0.1) is 0 Å². The summed E-state index contributed by atoms with van der Waals surface area (Å²) in [4.78, 5) is 21.7. The van der Waals surface area contributed by atoms with Crippen molar-refractivity contribution in [3.05, 3.63) is 39.9 Å². The number of ether oxygens (including phenoxy) is 2. The number of nitrogens with one attached hydrogen (secondary N) is 1. The van der Waals surface area contributed by atoms with E-state index in [0.717, 1.165) is 49.2 Å². The van der Waals surface area contributed by atoms with E-state index in [1.807, 2.05) is 22.9 Å². The predicted molar refractivity (Wildman–Crippen MR) is 129 cm³/mol. The number of hydrogen-bond acceptors (Lipinski definition) is 8.